The molecule has 0 heterocycles. The highest BCUT2D eigenvalue weighted by molar-refractivity contribution is 7.90. The molecule has 0 radical (unpaired) electrons. The zero-order valence-corrected chi connectivity index (χ0v) is 13.9. The third-order valence-electron chi connectivity index (χ3n) is 3.40. The number of hydrogen-bond acceptors (Lipinski definition) is 4. The first-order chi connectivity index (χ1) is 10.9. The number of sulfone groups is 1. The van der Waals surface area contributed by atoms with Gasteiger partial charge < -0.3 is 10.1 Å². The average Bonchev–Trinajstić information content (AvgIpc) is 2.54. The first-order valence-electron chi connectivity index (χ1n) is 7.12. The number of hydrogen-bond donors (Lipinski definition) is 1. The lowest BCUT2D eigenvalue weighted by Gasteiger charge is -2.10. The van der Waals surface area contributed by atoms with Gasteiger partial charge in [0.25, 0.3) is 5.91 Å². The summed E-state index contributed by atoms with van der Waals surface area (Å²) in [7, 11) is -1.85. The molecule has 0 aromatic heterocycles. The van der Waals surface area contributed by atoms with Crippen LogP contribution in [0.2, 0.25) is 0 Å². The minimum atomic E-state index is -3.45. The molecular formula is C17H19NO4S. The number of benzene rings is 2. The van der Waals surface area contributed by atoms with Gasteiger partial charge in [0, 0.05) is 12.8 Å². The van der Waals surface area contributed by atoms with Gasteiger partial charge in [-0.2, -0.15) is 0 Å². The maximum atomic E-state index is 12.3. The molecule has 0 atom stereocenters. The maximum absolute atomic E-state index is 12.3. The first kappa shape index (κ1) is 17.0. The summed E-state index contributed by atoms with van der Waals surface area (Å²) < 4.78 is 28.7. The highest BCUT2D eigenvalue weighted by Gasteiger charge is 2.17. The van der Waals surface area contributed by atoms with E-state index in [9.17, 15) is 13.2 Å². The van der Waals surface area contributed by atoms with Crippen molar-refractivity contribution < 1.29 is 17.9 Å². The molecule has 0 spiro atoms. The second-order valence-corrected chi connectivity index (χ2v) is 7.07. The van der Waals surface area contributed by atoms with Gasteiger partial charge in [-0.1, -0.05) is 30.3 Å². The molecule has 6 heteroatoms. The van der Waals surface area contributed by atoms with Crippen LogP contribution in [0.5, 0.6) is 5.75 Å². The molecule has 0 aliphatic heterocycles. The Hall–Kier alpha value is -2.34. The predicted octanol–water partition coefficient (Wildman–Crippen LogP) is 2.07. The molecular weight excluding hydrogens is 314 g/mol. The monoisotopic (exact) mass is 333 g/mol. The van der Waals surface area contributed by atoms with Gasteiger partial charge >= 0.3 is 0 Å². The SMILES string of the molecule is COc1ccccc1CCNC(=O)c1ccccc1S(C)(=O)=O. The van der Waals surface area contributed by atoms with Gasteiger partial charge in [-0.25, -0.2) is 8.42 Å². The molecule has 1 amide bonds. The van der Waals surface area contributed by atoms with Gasteiger partial charge in [-0.05, 0) is 30.2 Å². The minimum absolute atomic E-state index is 0.0368. The van der Waals surface area contributed by atoms with Gasteiger partial charge in [-0.3, -0.25) is 4.79 Å². The van der Waals surface area contributed by atoms with Crippen LogP contribution in [0.1, 0.15) is 15.9 Å². The number of carbonyl (C=O) groups excluding carboxylic acids is 1. The summed E-state index contributed by atoms with van der Waals surface area (Å²) in [4.78, 5) is 12.3. The third kappa shape index (κ3) is 4.32. The highest BCUT2D eigenvalue weighted by Crippen LogP contribution is 2.18. The smallest absolute Gasteiger partial charge is 0.252 e. The van der Waals surface area contributed by atoms with E-state index < -0.39 is 15.7 Å². The Labute approximate surface area is 136 Å². The maximum Gasteiger partial charge on any atom is 0.252 e. The van der Waals surface area contributed by atoms with Crippen molar-refractivity contribution in [2.75, 3.05) is 19.9 Å². The van der Waals surface area contributed by atoms with Crippen LogP contribution in [0.3, 0.4) is 0 Å². The van der Waals surface area contributed by atoms with Gasteiger partial charge in [0.1, 0.15) is 5.75 Å². The number of rotatable bonds is 6. The quantitative estimate of drug-likeness (QED) is 0.878. The van der Waals surface area contributed by atoms with Crippen LogP contribution in [0, 0.1) is 0 Å². The fourth-order valence-electron chi connectivity index (χ4n) is 2.29. The number of carbonyl (C=O) groups is 1. The molecule has 0 aliphatic carbocycles. The largest absolute Gasteiger partial charge is 0.496 e. The van der Waals surface area contributed by atoms with Crippen molar-refractivity contribution in [1.82, 2.24) is 5.32 Å². The normalized spacial score (nSPS) is 11.0. The Balaban J connectivity index is 2.07. The zero-order valence-electron chi connectivity index (χ0n) is 13.1. The summed E-state index contributed by atoms with van der Waals surface area (Å²) in [5, 5.41) is 2.75. The number of ether oxygens (including phenoxy) is 1. The zero-order chi connectivity index (χ0) is 16.9. The van der Waals surface area contributed by atoms with Crippen molar-refractivity contribution in [3.8, 4) is 5.75 Å². The standard InChI is InChI=1S/C17H19NO4S/c1-22-15-9-5-3-7-13(15)11-12-18-17(19)14-8-4-6-10-16(14)23(2,20)21/h3-10H,11-12H2,1-2H3,(H,18,19). The molecule has 1 N–H and O–H groups in total. The van der Waals surface area contributed by atoms with Crippen LogP contribution in [0.15, 0.2) is 53.4 Å². The van der Waals surface area contributed by atoms with E-state index in [-0.39, 0.29) is 10.5 Å². The molecule has 0 unspecified atom stereocenters. The van der Waals surface area contributed by atoms with Crippen molar-refractivity contribution in [2.24, 2.45) is 0 Å². The lowest BCUT2D eigenvalue weighted by Crippen LogP contribution is -2.27. The molecule has 5 nitrogen and oxygen atoms in total. The van der Waals surface area contributed by atoms with Gasteiger partial charge in [0.05, 0.1) is 17.6 Å². The second-order valence-electron chi connectivity index (χ2n) is 5.09. The predicted molar refractivity (Wildman–Crippen MR) is 88.6 cm³/mol. The molecule has 2 aromatic rings. The Morgan fingerprint density at radius 2 is 1.74 bits per heavy atom. The van der Waals surface area contributed by atoms with Crippen LogP contribution in [-0.2, 0) is 16.3 Å². The van der Waals surface area contributed by atoms with Crippen LogP contribution in [-0.4, -0.2) is 34.2 Å². The summed E-state index contributed by atoms with van der Waals surface area (Å²) in [6.45, 7) is 0.386. The highest BCUT2D eigenvalue weighted by atomic mass is 32.2. The summed E-state index contributed by atoms with van der Waals surface area (Å²) in [5.74, 6) is 0.360. The Bertz CT molecular complexity index is 800. The minimum Gasteiger partial charge on any atom is -0.496 e. The molecule has 0 aliphatic rings. The molecule has 0 fully saturated rings. The number of nitrogens with one attached hydrogen (secondary N) is 1. The molecule has 2 aromatic carbocycles. The van der Waals surface area contributed by atoms with Crippen molar-refractivity contribution in [3.63, 3.8) is 0 Å². The van der Waals surface area contributed by atoms with Crippen molar-refractivity contribution in [2.45, 2.75) is 11.3 Å². The van der Waals surface area contributed by atoms with Gasteiger partial charge in [0.2, 0.25) is 0 Å². The third-order valence-corrected chi connectivity index (χ3v) is 4.56. The molecule has 122 valence electrons. The van der Waals surface area contributed by atoms with E-state index in [0.717, 1.165) is 17.6 Å². The fourth-order valence-corrected chi connectivity index (χ4v) is 3.18. The van der Waals surface area contributed by atoms with Crippen LogP contribution >= 0.6 is 0 Å². The Morgan fingerprint density at radius 1 is 1.09 bits per heavy atom. The number of methoxy groups -OCH3 is 1. The van der Waals surface area contributed by atoms with Crippen LogP contribution in [0.4, 0.5) is 0 Å². The van der Waals surface area contributed by atoms with Gasteiger partial charge in [0.15, 0.2) is 9.84 Å². The van der Waals surface area contributed by atoms with Gasteiger partial charge in [-0.15, -0.1) is 0 Å². The second kappa shape index (κ2) is 7.28. The fraction of sp³-hybridized carbons (Fsp3) is 0.235. The summed E-state index contributed by atoms with van der Waals surface area (Å²) in [6.07, 6.45) is 1.69. The molecule has 0 saturated carbocycles. The lowest BCUT2D eigenvalue weighted by atomic mass is 10.1. The van der Waals surface area contributed by atoms with E-state index in [1.807, 2.05) is 24.3 Å². The molecule has 0 saturated heterocycles. The Morgan fingerprint density at radius 3 is 2.43 bits per heavy atom. The first-order valence-corrected chi connectivity index (χ1v) is 9.02. The molecule has 0 bridgehead atoms. The summed E-state index contributed by atoms with van der Waals surface area (Å²) >= 11 is 0. The van der Waals surface area contributed by atoms with Crippen molar-refractivity contribution >= 4 is 15.7 Å². The summed E-state index contributed by atoms with van der Waals surface area (Å²) in [5.41, 5.74) is 1.14. The topological polar surface area (TPSA) is 72.5 Å². The van der Waals surface area contributed by atoms with Crippen LogP contribution < -0.4 is 10.1 Å². The van der Waals surface area contributed by atoms with Crippen LogP contribution in [0.25, 0.3) is 0 Å². The van der Waals surface area contributed by atoms with E-state index in [4.69, 9.17) is 4.74 Å². The lowest BCUT2D eigenvalue weighted by molar-refractivity contribution is 0.0950. The summed E-state index contributed by atoms with van der Waals surface area (Å²) in [6, 6.07) is 13.7. The number of amides is 1. The molecule has 23 heavy (non-hydrogen) atoms. The molecule has 2 rings (SSSR count). The van der Waals surface area contributed by atoms with E-state index in [2.05, 4.69) is 5.32 Å². The van der Waals surface area contributed by atoms with E-state index in [0.29, 0.717) is 13.0 Å². The van der Waals surface area contributed by atoms with Crippen molar-refractivity contribution in [1.29, 1.82) is 0 Å². The van der Waals surface area contributed by atoms with E-state index in [1.165, 1.54) is 12.1 Å². The number of para-hydroxylation sites is 1. The Kier molecular flexibility index (Phi) is 5.39. The van der Waals surface area contributed by atoms with E-state index in [1.54, 1.807) is 19.2 Å². The van der Waals surface area contributed by atoms with Crippen molar-refractivity contribution in [3.05, 3.63) is 59.7 Å². The average molecular weight is 333 g/mol. The van der Waals surface area contributed by atoms with E-state index >= 15 is 0 Å².